The minimum atomic E-state index is 0.0765. The van der Waals surface area contributed by atoms with Gasteiger partial charge in [-0.2, -0.15) is 10.5 Å². The van der Waals surface area contributed by atoms with Gasteiger partial charge in [-0.1, -0.05) is 54.4 Å². The summed E-state index contributed by atoms with van der Waals surface area (Å²) in [5.41, 5.74) is 5.49. The van der Waals surface area contributed by atoms with Crippen LogP contribution in [0.15, 0.2) is 0 Å². The molecule has 0 aliphatic rings. The van der Waals surface area contributed by atoms with Crippen molar-refractivity contribution in [3.05, 3.63) is 0 Å². The van der Waals surface area contributed by atoms with Crippen molar-refractivity contribution in [1.29, 1.82) is 10.5 Å². The van der Waals surface area contributed by atoms with Crippen molar-refractivity contribution in [2.24, 2.45) is 10.8 Å². The predicted molar refractivity (Wildman–Crippen MR) is 125 cm³/mol. The Hall–Kier alpha value is -2.04. The lowest BCUT2D eigenvalue weighted by Gasteiger charge is -2.32. The fraction of sp³-hybridized carbons (Fsp3) is 0.789. The predicted octanol–water partition coefficient (Wildman–Crippen LogP) is 2.92. The second kappa shape index (κ2) is 13.2. The third-order valence-electron chi connectivity index (χ3n) is 5.21. The number of hydrogen-bond donors (Lipinski definition) is 4. The van der Waals surface area contributed by atoms with Gasteiger partial charge >= 0.3 is 0 Å². The lowest BCUT2D eigenvalue weighted by molar-refractivity contribution is 0.208. The molecule has 0 fully saturated rings. The van der Waals surface area contributed by atoms with Crippen LogP contribution in [0.2, 0.25) is 0 Å². The molecule has 0 rings (SSSR count). The van der Waals surface area contributed by atoms with Gasteiger partial charge < -0.3 is 10.6 Å². The highest BCUT2D eigenvalue weighted by atomic mass is 32.1. The largest absolute Gasteiger partial charge is 0.361 e. The molecule has 4 N–H and O–H groups in total. The average molecular weight is 441 g/mol. The van der Waals surface area contributed by atoms with E-state index in [-0.39, 0.29) is 17.5 Å². The van der Waals surface area contributed by atoms with Gasteiger partial charge in [0.15, 0.2) is 22.6 Å². The van der Waals surface area contributed by atoms with Crippen LogP contribution in [0.3, 0.4) is 0 Å². The van der Waals surface area contributed by atoms with Gasteiger partial charge in [-0.05, 0) is 48.1 Å². The Labute approximate surface area is 186 Å². The van der Waals surface area contributed by atoms with Crippen LogP contribution in [0.25, 0.3) is 0 Å². The maximum atomic E-state index is 9.08. The van der Waals surface area contributed by atoms with Crippen molar-refractivity contribution in [3.8, 4) is 12.4 Å². The molecule has 0 aromatic carbocycles. The van der Waals surface area contributed by atoms with E-state index in [2.05, 4.69) is 63.0 Å². The fourth-order valence-electron chi connectivity index (χ4n) is 2.12. The van der Waals surface area contributed by atoms with Gasteiger partial charge in [0.2, 0.25) is 0 Å². The summed E-state index contributed by atoms with van der Waals surface area (Å²) < 4.78 is 0. The van der Waals surface area contributed by atoms with Gasteiger partial charge in [-0.25, -0.2) is 20.9 Å². The van der Waals surface area contributed by atoms with Crippen molar-refractivity contribution < 1.29 is 0 Å². The Bertz CT molecular complexity index is 554. The van der Waals surface area contributed by atoms with E-state index in [1.807, 2.05) is 12.4 Å². The van der Waals surface area contributed by atoms with Gasteiger partial charge in [0.25, 0.3) is 0 Å². The molecule has 164 valence electrons. The highest BCUT2D eigenvalue weighted by molar-refractivity contribution is 7.80. The van der Waals surface area contributed by atoms with E-state index in [1.165, 1.54) is 10.0 Å². The third kappa shape index (κ3) is 11.5. The summed E-state index contributed by atoms with van der Waals surface area (Å²) in [6.45, 7) is 14.6. The SMILES string of the molecule is CCC(C)(C)CCNC(=S)N(CN(NC#N)C(=S)NCCC(C)(C)CC)NC#N. The van der Waals surface area contributed by atoms with Crippen LogP contribution in [0.1, 0.15) is 67.2 Å². The highest BCUT2D eigenvalue weighted by Gasteiger charge is 2.20. The van der Waals surface area contributed by atoms with Crippen molar-refractivity contribution in [1.82, 2.24) is 31.5 Å². The lowest BCUT2D eigenvalue weighted by atomic mass is 9.87. The molecule has 0 heterocycles. The zero-order chi connectivity index (χ0) is 22.5. The molecule has 0 bridgehead atoms. The summed E-state index contributed by atoms with van der Waals surface area (Å²) >= 11 is 10.8. The number of thiocarbonyl (C=S) groups is 2. The van der Waals surface area contributed by atoms with Crippen LogP contribution >= 0.6 is 24.4 Å². The van der Waals surface area contributed by atoms with E-state index < -0.39 is 0 Å². The van der Waals surface area contributed by atoms with Gasteiger partial charge in [0.1, 0.15) is 6.67 Å². The molecular weight excluding hydrogens is 404 g/mol. The smallest absolute Gasteiger partial charge is 0.197 e. The monoisotopic (exact) mass is 440 g/mol. The summed E-state index contributed by atoms with van der Waals surface area (Å²) in [4.78, 5) is 0. The zero-order valence-corrected chi connectivity index (χ0v) is 20.2. The molecule has 0 amide bonds. The van der Waals surface area contributed by atoms with Gasteiger partial charge in [-0.3, -0.25) is 0 Å². The van der Waals surface area contributed by atoms with Crippen LogP contribution < -0.4 is 21.5 Å². The van der Waals surface area contributed by atoms with E-state index in [9.17, 15) is 0 Å². The third-order valence-corrected chi connectivity index (χ3v) is 5.94. The Morgan fingerprint density at radius 2 is 1.14 bits per heavy atom. The van der Waals surface area contributed by atoms with Gasteiger partial charge in [-0.15, -0.1) is 0 Å². The molecule has 0 aromatic heterocycles. The van der Waals surface area contributed by atoms with Crippen molar-refractivity contribution in [3.63, 3.8) is 0 Å². The normalized spacial score (nSPS) is 10.9. The molecule has 0 aliphatic heterocycles. The number of nitrogens with one attached hydrogen (secondary N) is 4. The van der Waals surface area contributed by atoms with Crippen LogP contribution in [0.4, 0.5) is 0 Å². The summed E-state index contributed by atoms with van der Waals surface area (Å²) in [5, 5.41) is 28.1. The average Bonchev–Trinajstić information content (AvgIpc) is 2.66. The molecule has 29 heavy (non-hydrogen) atoms. The molecule has 0 radical (unpaired) electrons. The van der Waals surface area contributed by atoms with E-state index in [0.29, 0.717) is 23.3 Å². The van der Waals surface area contributed by atoms with Crippen LogP contribution in [0.5, 0.6) is 0 Å². The summed E-state index contributed by atoms with van der Waals surface area (Å²) in [6.07, 6.45) is 7.76. The first-order valence-electron chi connectivity index (χ1n) is 9.92. The topological polar surface area (TPSA) is 102 Å². The lowest BCUT2D eigenvalue weighted by Crippen LogP contribution is -2.57. The first-order chi connectivity index (χ1) is 13.5. The molecule has 0 aliphatic carbocycles. The molecule has 8 nitrogen and oxygen atoms in total. The Balaban J connectivity index is 4.85. The molecule has 0 unspecified atom stereocenters. The maximum absolute atomic E-state index is 9.08. The molecule has 10 heteroatoms. The Morgan fingerprint density at radius 1 is 0.793 bits per heavy atom. The number of nitriles is 2. The minimum absolute atomic E-state index is 0.0765. The Kier molecular flexibility index (Phi) is 12.3. The zero-order valence-electron chi connectivity index (χ0n) is 18.6. The number of rotatable bonds is 12. The van der Waals surface area contributed by atoms with E-state index in [4.69, 9.17) is 35.0 Å². The highest BCUT2D eigenvalue weighted by Crippen LogP contribution is 2.24. The Morgan fingerprint density at radius 3 is 1.41 bits per heavy atom. The summed E-state index contributed by atoms with van der Waals surface area (Å²) in [7, 11) is 0. The first kappa shape index (κ1) is 27.0. The minimum Gasteiger partial charge on any atom is -0.361 e. The van der Waals surface area contributed by atoms with Crippen molar-refractivity contribution in [2.45, 2.75) is 67.2 Å². The quantitative estimate of drug-likeness (QED) is 0.119. The standard InChI is InChI=1S/C19H36N8S2/c1-7-18(3,4)9-11-22-16(28)26(24-13-20)15-27(25-14-21)17(29)23-12-10-19(5,6)8-2/h24-25H,7-12,15H2,1-6H3,(H,22,28)(H,23,29). The van der Waals surface area contributed by atoms with Crippen LogP contribution in [-0.2, 0) is 0 Å². The fourth-order valence-corrected chi connectivity index (χ4v) is 2.53. The van der Waals surface area contributed by atoms with Gasteiger partial charge in [0, 0.05) is 13.1 Å². The molecule has 0 aromatic rings. The van der Waals surface area contributed by atoms with E-state index in [1.54, 1.807) is 0 Å². The number of nitrogens with zero attached hydrogens (tertiary/aromatic N) is 4. The number of hydrazine groups is 2. The molecule has 0 atom stereocenters. The van der Waals surface area contributed by atoms with Gasteiger partial charge in [0.05, 0.1) is 0 Å². The second-order valence-corrected chi connectivity index (χ2v) is 9.22. The van der Waals surface area contributed by atoms with Crippen molar-refractivity contribution >= 4 is 34.7 Å². The van der Waals surface area contributed by atoms with E-state index in [0.717, 1.165) is 25.7 Å². The molecule has 0 spiro atoms. The first-order valence-corrected chi connectivity index (χ1v) is 10.7. The molecular formula is C19H36N8S2. The van der Waals surface area contributed by atoms with Crippen LogP contribution in [-0.4, -0.2) is 40.0 Å². The molecule has 0 saturated carbocycles. The summed E-state index contributed by atoms with van der Waals surface area (Å²) in [5.74, 6) is 0. The van der Waals surface area contributed by atoms with Crippen LogP contribution in [0, 0.1) is 33.7 Å². The molecule has 0 saturated heterocycles. The van der Waals surface area contributed by atoms with E-state index >= 15 is 0 Å². The second-order valence-electron chi connectivity index (χ2n) is 8.44. The summed E-state index contributed by atoms with van der Waals surface area (Å²) in [6, 6.07) is 0. The maximum Gasteiger partial charge on any atom is 0.197 e. The number of hydrogen-bond acceptors (Lipinski definition) is 6. The van der Waals surface area contributed by atoms with Crippen molar-refractivity contribution in [2.75, 3.05) is 19.8 Å².